The van der Waals surface area contributed by atoms with Gasteiger partial charge in [-0.1, -0.05) is 6.42 Å². The van der Waals surface area contributed by atoms with Gasteiger partial charge in [-0.25, -0.2) is 0 Å². The zero-order chi connectivity index (χ0) is 14.5. The number of nitrogens with one attached hydrogen (secondary N) is 1. The molecule has 0 spiro atoms. The van der Waals surface area contributed by atoms with Gasteiger partial charge in [0.15, 0.2) is 0 Å². The second kappa shape index (κ2) is 7.34. The minimum atomic E-state index is -0.747. The Hall–Kier alpha value is -0.710. The fourth-order valence-electron chi connectivity index (χ4n) is 3.41. The Morgan fingerprint density at radius 2 is 1.70 bits per heavy atom. The number of carbonyl (C=O) groups excluding carboxylic acids is 1. The van der Waals surface area contributed by atoms with E-state index in [4.69, 9.17) is 5.11 Å². The van der Waals surface area contributed by atoms with Crippen LogP contribution in [0.4, 0.5) is 0 Å². The monoisotopic (exact) mass is 299 g/mol. The zero-order valence-corrected chi connectivity index (χ0v) is 13.0. The highest BCUT2D eigenvalue weighted by molar-refractivity contribution is 7.99. The largest absolute Gasteiger partial charge is 0.481 e. The number of aliphatic carboxylic acids is 1. The van der Waals surface area contributed by atoms with Gasteiger partial charge in [0, 0.05) is 17.2 Å². The van der Waals surface area contributed by atoms with E-state index in [9.17, 15) is 9.59 Å². The summed E-state index contributed by atoms with van der Waals surface area (Å²) in [7, 11) is 0. The van der Waals surface area contributed by atoms with Gasteiger partial charge in [-0.3, -0.25) is 9.59 Å². The quantitative estimate of drug-likeness (QED) is 0.837. The second-order valence-electron chi connectivity index (χ2n) is 6.12. The molecule has 0 saturated heterocycles. The SMILES string of the molecule is CSC1CCC(NC(=O)C2CCCC(C(=O)O)C2)CC1. The molecule has 2 saturated carbocycles. The van der Waals surface area contributed by atoms with Crippen molar-refractivity contribution in [3.8, 4) is 0 Å². The summed E-state index contributed by atoms with van der Waals surface area (Å²) in [6.07, 6.45) is 9.56. The molecule has 114 valence electrons. The number of carbonyl (C=O) groups is 2. The highest BCUT2D eigenvalue weighted by Gasteiger charge is 2.32. The van der Waals surface area contributed by atoms with Crippen molar-refractivity contribution in [3.63, 3.8) is 0 Å². The van der Waals surface area contributed by atoms with Crippen LogP contribution in [0, 0.1) is 11.8 Å². The second-order valence-corrected chi connectivity index (χ2v) is 7.25. The number of hydrogen-bond acceptors (Lipinski definition) is 3. The van der Waals surface area contributed by atoms with Crippen molar-refractivity contribution < 1.29 is 14.7 Å². The van der Waals surface area contributed by atoms with E-state index in [0.717, 1.165) is 37.4 Å². The maximum Gasteiger partial charge on any atom is 0.306 e. The molecular formula is C15H25NO3S. The van der Waals surface area contributed by atoms with Crippen LogP contribution in [0.3, 0.4) is 0 Å². The Bertz CT molecular complexity index is 353. The molecule has 0 aliphatic heterocycles. The zero-order valence-electron chi connectivity index (χ0n) is 12.1. The Morgan fingerprint density at radius 1 is 1.05 bits per heavy atom. The lowest BCUT2D eigenvalue weighted by molar-refractivity contribution is -0.144. The maximum absolute atomic E-state index is 12.3. The molecule has 2 rings (SSSR count). The Kier molecular flexibility index (Phi) is 5.75. The molecule has 0 bridgehead atoms. The molecular weight excluding hydrogens is 274 g/mol. The molecule has 0 aromatic heterocycles. The summed E-state index contributed by atoms with van der Waals surface area (Å²) < 4.78 is 0. The van der Waals surface area contributed by atoms with Gasteiger partial charge in [-0.05, 0) is 51.2 Å². The Balaban J connectivity index is 1.78. The van der Waals surface area contributed by atoms with Crippen LogP contribution in [0.5, 0.6) is 0 Å². The van der Waals surface area contributed by atoms with Gasteiger partial charge in [0.2, 0.25) is 5.91 Å². The summed E-state index contributed by atoms with van der Waals surface area (Å²) in [5.74, 6) is -1.08. The summed E-state index contributed by atoms with van der Waals surface area (Å²) in [6.45, 7) is 0. The molecule has 5 heteroatoms. The molecule has 2 aliphatic carbocycles. The van der Waals surface area contributed by atoms with Gasteiger partial charge in [0.1, 0.15) is 0 Å². The fraction of sp³-hybridized carbons (Fsp3) is 0.867. The van der Waals surface area contributed by atoms with E-state index >= 15 is 0 Å². The summed E-state index contributed by atoms with van der Waals surface area (Å²) in [4.78, 5) is 23.3. The molecule has 4 nitrogen and oxygen atoms in total. The van der Waals surface area contributed by atoms with E-state index in [2.05, 4.69) is 11.6 Å². The molecule has 0 aromatic rings. The molecule has 1 amide bonds. The van der Waals surface area contributed by atoms with Crippen LogP contribution < -0.4 is 5.32 Å². The minimum Gasteiger partial charge on any atom is -0.481 e. The van der Waals surface area contributed by atoms with Gasteiger partial charge in [0.05, 0.1) is 5.92 Å². The normalized spacial score (nSPS) is 34.5. The molecule has 2 atom stereocenters. The third-order valence-corrected chi connectivity index (χ3v) is 5.89. The van der Waals surface area contributed by atoms with Crippen molar-refractivity contribution in [1.29, 1.82) is 0 Å². The third-order valence-electron chi connectivity index (χ3n) is 4.75. The maximum atomic E-state index is 12.3. The van der Waals surface area contributed by atoms with E-state index < -0.39 is 5.97 Å². The van der Waals surface area contributed by atoms with E-state index in [0.29, 0.717) is 12.5 Å². The summed E-state index contributed by atoms with van der Waals surface area (Å²) >= 11 is 1.92. The third kappa shape index (κ3) is 4.14. The molecule has 0 aromatic carbocycles. The lowest BCUT2D eigenvalue weighted by Crippen LogP contribution is -2.42. The van der Waals surface area contributed by atoms with E-state index in [1.807, 2.05) is 11.8 Å². The van der Waals surface area contributed by atoms with Crippen LogP contribution in [-0.2, 0) is 9.59 Å². The minimum absolute atomic E-state index is 0.0866. The van der Waals surface area contributed by atoms with Crippen molar-refractivity contribution in [3.05, 3.63) is 0 Å². The summed E-state index contributed by atoms with van der Waals surface area (Å²) in [5, 5.41) is 13.0. The van der Waals surface area contributed by atoms with Crippen molar-refractivity contribution in [2.45, 2.75) is 62.7 Å². The molecule has 0 radical (unpaired) electrons. The van der Waals surface area contributed by atoms with Gasteiger partial charge in [0.25, 0.3) is 0 Å². The summed E-state index contributed by atoms with van der Waals surface area (Å²) in [5.41, 5.74) is 0. The first kappa shape index (κ1) is 15.7. The molecule has 20 heavy (non-hydrogen) atoms. The van der Waals surface area contributed by atoms with Crippen molar-refractivity contribution in [2.24, 2.45) is 11.8 Å². The van der Waals surface area contributed by atoms with Crippen LogP contribution in [0.2, 0.25) is 0 Å². The Labute approximate surface area is 125 Å². The Morgan fingerprint density at radius 3 is 2.30 bits per heavy atom. The fourth-order valence-corrected chi connectivity index (χ4v) is 4.16. The first-order valence-electron chi connectivity index (χ1n) is 7.66. The predicted molar refractivity (Wildman–Crippen MR) is 80.8 cm³/mol. The highest BCUT2D eigenvalue weighted by Crippen LogP contribution is 2.31. The van der Waals surface area contributed by atoms with Gasteiger partial charge in [-0.15, -0.1) is 0 Å². The molecule has 2 fully saturated rings. The number of amides is 1. The standard InChI is InChI=1S/C15H25NO3S/c1-20-13-7-5-12(6-8-13)16-14(17)10-3-2-4-11(9-10)15(18)19/h10-13H,2-9H2,1H3,(H,16,17)(H,18,19). The van der Waals surface area contributed by atoms with E-state index in [-0.39, 0.29) is 17.7 Å². The van der Waals surface area contributed by atoms with E-state index in [1.165, 1.54) is 12.8 Å². The number of carboxylic acid groups (broad SMARTS) is 1. The van der Waals surface area contributed by atoms with Gasteiger partial charge < -0.3 is 10.4 Å². The van der Waals surface area contributed by atoms with E-state index in [1.54, 1.807) is 0 Å². The molecule has 2 N–H and O–H groups in total. The molecule has 0 heterocycles. The van der Waals surface area contributed by atoms with Gasteiger partial charge in [-0.2, -0.15) is 11.8 Å². The van der Waals surface area contributed by atoms with Crippen LogP contribution in [-0.4, -0.2) is 34.5 Å². The lowest BCUT2D eigenvalue weighted by atomic mass is 9.80. The average molecular weight is 299 g/mol. The highest BCUT2D eigenvalue weighted by atomic mass is 32.2. The first-order valence-corrected chi connectivity index (χ1v) is 8.95. The van der Waals surface area contributed by atoms with Crippen molar-refractivity contribution in [2.75, 3.05) is 6.26 Å². The lowest BCUT2D eigenvalue weighted by Gasteiger charge is -2.31. The van der Waals surface area contributed by atoms with Crippen LogP contribution in [0.1, 0.15) is 51.4 Å². The smallest absolute Gasteiger partial charge is 0.306 e. The number of hydrogen-bond donors (Lipinski definition) is 2. The van der Waals surface area contributed by atoms with Crippen LogP contribution in [0.15, 0.2) is 0 Å². The van der Waals surface area contributed by atoms with Crippen LogP contribution in [0.25, 0.3) is 0 Å². The number of thioether (sulfide) groups is 1. The average Bonchev–Trinajstić information content (AvgIpc) is 2.48. The predicted octanol–water partition coefficient (Wildman–Crippen LogP) is 2.67. The summed E-state index contributed by atoms with van der Waals surface area (Å²) in [6, 6.07) is 0.302. The van der Waals surface area contributed by atoms with Crippen LogP contribution >= 0.6 is 11.8 Å². The first-order chi connectivity index (χ1) is 9.60. The number of rotatable bonds is 4. The molecule has 2 unspecified atom stereocenters. The van der Waals surface area contributed by atoms with Crippen molar-refractivity contribution >= 4 is 23.6 Å². The van der Waals surface area contributed by atoms with Gasteiger partial charge >= 0.3 is 5.97 Å². The van der Waals surface area contributed by atoms with Crippen molar-refractivity contribution in [1.82, 2.24) is 5.32 Å². The molecule has 2 aliphatic rings. The topological polar surface area (TPSA) is 66.4 Å². The number of carboxylic acids is 1.